The largest absolute Gasteiger partial charge is 0.493 e. The molecule has 0 heterocycles. The molecule has 0 amide bonds. The number of rotatable bonds is 9. The number of nitrogens with one attached hydrogen (secondary N) is 1. The molecule has 0 bridgehead atoms. The van der Waals surface area contributed by atoms with E-state index in [2.05, 4.69) is 5.32 Å². The van der Waals surface area contributed by atoms with Gasteiger partial charge >= 0.3 is 0 Å². The van der Waals surface area contributed by atoms with Crippen molar-refractivity contribution in [1.29, 1.82) is 0 Å². The maximum Gasteiger partial charge on any atom is 0.203 e. The Hall–Kier alpha value is -1.66. The zero-order chi connectivity index (χ0) is 15.0. The Labute approximate surface area is 119 Å². The molecule has 1 unspecified atom stereocenters. The number of hydrogen-bond acceptors (Lipinski definition) is 6. The van der Waals surface area contributed by atoms with E-state index in [1.54, 1.807) is 33.5 Å². The first kappa shape index (κ1) is 16.4. The molecule has 0 aromatic heterocycles. The van der Waals surface area contributed by atoms with Crippen LogP contribution in [0.4, 0.5) is 0 Å². The fourth-order valence-corrected chi connectivity index (χ4v) is 1.80. The number of benzene rings is 1. The molecule has 0 saturated carbocycles. The standard InChI is InChI=1S/C14H23NO5/c1-5-15-10(8-16)9-20-11-6-12(17-2)14(19-4)13(7-11)18-3/h6-7,10,15-16H,5,8-9H2,1-4H3. The Bertz CT molecular complexity index is 386. The second kappa shape index (κ2) is 8.50. The van der Waals surface area contributed by atoms with E-state index in [-0.39, 0.29) is 12.6 Å². The molecule has 2 N–H and O–H groups in total. The van der Waals surface area contributed by atoms with E-state index < -0.39 is 0 Å². The first-order valence-corrected chi connectivity index (χ1v) is 6.47. The van der Waals surface area contributed by atoms with Gasteiger partial charge in [-0.3, -0.25) is 0 Å². The summed E-state index contributed by atoms with van der Waals surface area (Å²) in [5.41, 5.74) is 0. The van der Waals surface area contributed by atoms with Crippen molar-refractivity contribution in [3.63, 3.8) is 0 Å². The predicted molar refractivity (Wildman–Crippen MR) is 76.1 cm³/mol. The second-order valence-corrected chi connectivity index (χ2v) is 4.11. The summed E-state index contributed by atoms with van der Waals surface area (Å²) in [6, 6.07) is 3.34. The highest BCUT2D eigenvalue weighted by Crippen LogP contribution is 2.40. The minimum absolute atomic E-state index is 0.0122. The third kappa shape index (κ3) is 4.18. The van der Waals surface area contributed by atoms with Crippen molar-refractivity contribution in [2.45, 2.75) is 13.0 Å². The normalized spacial score (nSPS) is 11.8. The summed E-state index contributed by atoms with van der Waals surface area (Å²) in [5.74, 6) is 2.18. The Balaban J connectivity index is 2.85. The first-order chi connectivity index (χ1) is 9.69. The Morgan fingerprint density at radius 3 is 2.10 bits per heavy atom. The van der Waals surface area contributed by atoms with Crippen molar-refractivity contribution in [2.75, 3.05) is 41.1 Å². The van der Waals surface area contributed by atoms with Gasteiger partial charge < -0.3 is 29.4 Å². The lowest BCUT2D eigenvalue weighted by Gasteiger charge is -2.18. The van der Waals surface area contributed by atoms with Crippen molar-refractivity contribution in [2.24, 2.45) is 0 Å². The zero-order valence-electron chi connectivity index (χ0n) is 12.4. The molecule has 6 heteroatoms. The van der Waals surface area contributed by atoms with E-state index in [0.717, 1.165) is 6.54 Å². The molecular weight excluding hydrogens is 262 g/mol. The van der Waals surface area contributed by atoms with E-state index in [9.17, 15) is 5.11 Å². The summed E-state index contributed by atoms with van der Waals surface area (Å²) >= 11 is 0. The molecule has 0 aliphatic heterocycles. The molecule has 0 aliphatic carbocycles. The van der Waals surface area contributed by atoms with Gasteiger partial charge in [-0.2, -0.15) is 0 Å². The fraction of sp³-hybridized carbons (Fsp3) is 0.571. The molecule has 0 aliphatic rings. The number of aliphatic hydroxyl groups excluding tert-OH is 1. The van der Waals surface area contributed by atoms with E-state index in [1.165, 1.54) is 0 Å². The lowest BCUT2D eigenvalue weighted by Crippen LogP contribution is -2.37. The third-order valence-electron chi connectivity index (χ3n) is 2.80. The van der Waals surface area contributed by atoms with Crippen LogP contribution in [0, 0.1) is 0 Å². The van der Waals surface area contributed by atoms with E-state index in [4.69, 9.17) is 18.9 Å². The van der Waals surface area contributed by atoms with Gasteiger partial charge in [0, 0.05) is 12.1 Å². The van der Waals surface area contributed by atoms with Gasteiger partial charge in [0.15, 0.2) is 11.5 Å². The van der Waals surface area contributed by atoms with Crippen molar-refractivity contribution < 1.29 is 24.1 Å². The van der Waals surface area contributed by atoms with Crippen LogP contribution in [0.3, 0.4) is 0 Å². The van der Waals surface area contributed by atoms with Gasteiger partial charge in [-0.05, 0) is 6.54 Å². The summed E-state index contributed by atoms with van der Waals surface area (Å²) in [4.78, 5) is 0. The topological polar surface area (TPSA) is 69.2 Å². The fourth-order valence-electron chi connectivity index (χ4n) is 1.80. The molecule has 1 aromatic carbocycles. The summed E-state index contributed by atoms with van der Waals surface area (Å²) in [6.45, 7) is 3.10. The summed E-state index contributed by atoms with van der Waals surface area (Å²) in [6.07, 6.45) is 0. The van der Waals surface area contributed by atoms with Crippen LogP contribution in [0.5, 0.6) is 23.0 Å². The molecule has 0 radical (unpaired) electrons. The number of methoxy groups -OCH3 is 3. The maximum atomic E-state index is 9.21. The molecular formula is C14H23NO5. The molecule has 1 aromatic rings. The number of likely N-dealkylation sites (N-methyl/N-ethyl adjacent to an activating group) is 1. The first-order valence-electron chi connectivity index (χ1n) is 6.47. The van der Waals surface area contributed by atoms with Gasteiger partial charge in [0.1, 0.15) is 12.4 Å². The molecule has 0 spiro atoms. The van der Waals surface area contributed by atoms with Crippen molar-refractivity contribution in [3.05, 3.63) is 12.1 Å². The molecule has 1 rings (SSSR count). The van der Waals surface area contributed by atoms with E-state index in [1.807, 2.05) is 6.92 Å². The van der Waals surface area contributed by atoms with Crippen LogP contribution in [0.25, 0.3) is 0 Å². The highest BCUT2D eigenvalue weighted by atomic mass is 16.5. The number of ether oxygens (including phenoxy) is 4. The molecule has 20 heavy (non-hydrogen) atoms. The van der Waals surface area contributed by atoms with Crippen LogP contribution in [0.1, 0.15) is 6.92 Å². The maximum absolute atomic E-state index is 9.21. The van der Waals surface area contributed by atoms with Crippen LogP contribution >= 0.6 is 0 Å². The molecule has 0 fully saturated rings. The van der Waals surface area contributed by atoms with Crippen LogP contribution in [0.15, 0.2) is 12.1 Å². The Morgan fingerprint density at radius 2 is 1.70 bits per heavy atom. The van der Waals surface area contributed by atoms with Gasteiger partial charge in [-0.1, -0.05) is 6.92 Å². The van der Waals surface area contributed by atoms with Gasteiger partial charge in [0.2, 0.25) is 5.75 Å². The second-order valence-electron chi connectivity index (χ2n) is 4.11. The molecule has 6 nitrogen and oxygen atoms in total. The number of aliphatic hydroxyl groups is 1. The lowest BCUT2D eigenvalue weighted by atomic mass is 10.2. The lowest BCUT2D eigenvalue weighted by molar-refractivity contribution is 0.184. The van der Waals surface area contributed by atoms with E-state index in [0.29, 0.717) is 29.6 Å². The Kier molecular flexibility index (Phi) is 6.97. The minimum atomic E-state index is -0.112. The van der Waals surface area contributed by atoms with Crippen LogP contribution in [-0.4, -0.2) is 52.2 Å². The quantitative estimate of drug-likeness (QED) is 0.707. The van der Waals surface area contributed by atoms with Crippen molar-refractivity contribution in [3.8, 4) is 23.0 Å². The highest BCUT2D eigenvalue weighted by Gasteiger charge is 2.15. The monoisotopic (exact) mass is 285 g/mol. The molecule has 114 valence electrons. The highest BCUT2D eigenvalue weighted by molar-refractivity contribution is 5.55. The predicted octanol–water partition coefficient (Wildman–Crippen LogP) is 1.06. The average molecular weight is 285 g/mol. The van der Waals surface area contributed by atoms with Gasteiger partial charge in [-0.25, -0.2) is 0 Å². The average Bonchev–Trinajstić information content (AvgIpc) is 2.49. The Morgan fingerprint density at radius 1 is 1.10 bits per heavy atom. The third-order valence-corrected chi connectivity index (χ3v) is 2.80. The van der Waals surface area contributed by atoms with Crippen LogP contribution in [-0.2, 0) is 0 Å². The zero-order valence-corrected chi connectivity index (χ0v) is 12.4. The van der Waals surface area contributed by atoms with Gasteiger partial charge in [0.05, 0.1) is 34.0 Å². The van der Waals surface area contributed by atoms with Crippen molar-refractivity contribution >= 4 is 0 Å². The minimum Gasteiger partial charge on any atom is -0.493 e. The van der Waals surface area contributed by atoms with E-state index >= 15 is 0 Å². The summed E-state index contributed by atoms with van der Waals surface area (Å²) < 4.78 is 21.4. The van der Waals surface area contributed by atoms with Gasteiger partial charge in [0.25, 0.3) is 0 Å². The van der Waals surface area contributed by atoms with Crippen LogP contribution in [0.2, 0.25) is 0 Å². The van der Waals surface area contributed by atoms with Crippen LogP contribution < -0.4 is 24.3 Å². The molecule has 1 atom stereocenters. The van der Waals surface area contributed by atoms with Crippen molar-refractivity contribution in [1.82, 2.24) is 5.32 Å². The summed E-state index contributed by atoms with van der Waals surface area (Å²) in [7, 11) is 4.65. The van der Waals surface area contributed by atoms with Gasteiger partial charge in [-0.15, -0.1) is 0 Å². The SMILES string of the molecule is CCNC(CO)COc1cc(OC)c(OC)c(OC)c1. The molecule has 0 saturated heterocycles. The smallest absolute Gasteiger partial charge is 0.203 e. The summed E-state index contributed by atoms with van der Waals surface area (Å²) in [5, 5.41) is 12.3. The number of hydrogen-bond donors (Lipinski definition) is 2.